The molecule has 1 atom stereocenters. The zero-order chi connectivity index (χ0) is 13.3. The molecule has 0 aromatic heterocycles. The van der Waals surface area contributed by atoms with Crippen LogP contribution < -0.4 is 5.73 Å². The van der Waals surface area contributed by atoms with Crippen molar-refractivity contribution in [2.24, 2.45) is 5.73 Å². The molecule has 5 heteroatoms. The smallest absolute Gasteiger partial charge is 0.0716 e. The van der Waals surface area contributed by atoms with Crippen LogP contribution in [0.2, 0.25) is 0 Å². The van der Waals surface area contributed by atoms with Gasteiger partial charge >= 0.3 is 0 Å². The van der Waals surface area contributed by atoms with Crippen molar-refractivity contribution in [1.82, 2.24) is 4.90 Å². The lowest BCUT2D eigenvalue weighted by molar-refractivity contribution is 0.112. The van der Waals surface area contributed by atoms with Crippen LogP contribution in [0.1, 0.15) is 31.2 Å². The summed E-state index contributed by atoms with van der Waals surface area (Å²) in [6.07, 6.45) is 4.79. The summed E-state index contributed by atoms with van der Waals surface area (Å²) in [5, 5.41) is 0. The van der Waals surface area contributed by atoms with Crippen LogP contribution in [-0.4, -0.2) is 37.2 Å². The van der Waals surface area contributed by atoms with E-state index in [0.717, 1.165) is 26.2 Å². The number of nitrogens with zero attached hydrogens (tertiary/aromatic N) is 1. The lowest BCUT2D eigenvalue weighted by Gasteiger charge is -2.30. The Bertz CT molecular complexity index is 351. The predicted molar refractivity (Wildman–Crippen MR) is 93.5 cm³/mol. The predicted octanol–water partition coefficient (Wildman–Crippen LogP) is 3.25. The van der Waals surface area contributed by atoms with Crippen molar-refractivity contribution in [3.05, 3.63) is 35.9 Å². The van der Waals surface area contributed by atoms with E-state index in [4.69, 9.17) is 10.5 Å². The van der Waals surface area contributed by atoms with Gasteiger partial charge in [0.25, 0.3) is 0 Å². The third-order valence-corrected chi connectivity index (χ3v) is 3.67. The molecular formula is C16H28Cl2N2O. The summed E-state index contributed by atoms with van der Waals surface area (Å²) >= 11 is 0. The van der Waals surface area contributed by atoms with Crippen LogP contribution in [0, 0.1) is 0 Å². The van der Waals surface area contributed by atoms with Gasteiger partial charge in [-0.25, -0.2) is 0 Å². The molecule has 122 valence electrons. The Morgan fingerprint density at radius 1 is 1.14 bits per heavy atom. The summed E-state index contributed by atoms with van der Waals surface area (Å²) in [6, 6.07) is 10.7. The van der Waals surface area contributed by atoms with Gasteiger partial charge in [0, 0.05) is 19.2 Å². The van der Waals surface area contributed by atoms with E-state index >= 15 is 0 Å². The second-order valence-electron chi connectivity index (χ2n) is 5.45. The minimum absolute atomic E-state index is 0. The molecule has 2 N–H and O–H groups in total. The van der Waals surface area contributed by atoms with Crippen molar-refractivity contribution in [2.75, 3.05) is 26.2 Å². The summed E-state index contributed by atoms with van der Waals surface area (Å²) < 4.78 is 5.69. The quantitative estimate of drug-likeness (QED) is 0.778. The molecule has 0 radical (unpaired) electrons. The summed E-state index contributed by atoms with van der Waals surface area (Å²) in [4.78, 5) is 2.49. The van der Waals surface area contributed by atoms with E-state index in [1.807, 2.05) is 6.07 Å². The second kappa shape index (κ2) is 12.2. The molecule has 1 saturated heterocycles. The average molecular weight is 335 g/mol. The van der Waals surface area contributed by atoms with Crippen molar-refractivity contribution in [2.45, 2.75) is 38.3 Å². The number of unbranched alkanes of at least 4 members (excludes halogenated alkanes) is 1. The molecule has 0 saturated carbocycles. The van der Waals surface area contributed by atoms with E-state index in [-0.39, 0.29) is 24.8 Å². The topological polar surface area (TPSA) is 38.5 Å². The van der Waals surface area contributed by atoms with Gasteiger partial charge in [0.15, 0.2) is 0 Å². The van der Waals surface area contributed by atoms with Gasteiger partial charge in [0.2, 0.25) is 0 Å². The molecule has 21 heavy (non-hydrogen) atoms. The molecule has 0 aliphatic carbocycles. The van der Waals surface area contributed by atoms with Crippen molar-refractivity contribution in [1.29, 1.82) is 0 Å². The third-order valence-electron chi connectivity index (χ3n) is 3.67. The van der Waals surface area contributed by atoms with Gasteiger partial charge in [-0.3, -0.25) is 0 Å². The lowest BCUT2D eigenvalue weighted by atomic mass is 10.1. The van der Waals surface area contributed by atoms with Crippen molar-refractivity contribution >= 4 is 24.8 Å². The van der Waals surface area contributed by atoms with Gasteiger partial charge in [-0.2, -0.15) is 0 Å². The fraction of sp³-hybridized carbons (Fsp3) is 0.625. The Kier molecular flexibility index (Phi) is 12.1. The Morgan fingerprint density at radius 3 is 2.62 bits per heavy atom. The maximum absolute atomic E-state index is 5.98. The van der Waals surface area contributed by atoms with Crippen LogP contribution >= 0.6 is 24.8 Å². The molecule has 1 aromatic rings. The van der Waals surface area contributed by atoms with Crippen molar-refractivity contribution in [3.63, 3.8) is 0 Å². The monoisotopic (exact) mass is 334 g/mol. The first-order chi connectivity index (χ1) is 9.34. The third kappa shape index (κ3) is 8.64. The highest BCUT2D eigenvalue weighted by Gasteiger charge is 2.15. The number of nitrogens with two attached hydrogens (primary N) is 1. The molecule has 1 heterocycles. The molecule has 1 aliphatic heterocycles. The van der Waals surface area contributed by atoms with Crippen molar-refractivity contribution in [3.8, 4) is 0 Å². The molecule has 2 rings (SSSR count). The van der Waals surface area contributed by atoms with Crippen LogP contribution in [0.5, 0.6) is 0 Å². The van der Waals surface area contributed by atoms with E-state index in [1.165, 1.54) is 37.9 Å². The molecule has 3 nitrogen and oxygen atoms in total. The Balaban J connectivity index is 0.00000200. The van der Waals surface area contributed by atoms with Gasteiger partial charge in [-0.1, -0.05) is 30.3 Å². The van der Waals surface area contributed by atoms with E-state index in [2.05, 4.69) is 29.2 Å². The average Bonchev–Trinajstić information content (AvgIpc) is 2.44. The van der Waals surface area contributed by atoms with E-state index in [0.29, 0.717) is 6.04 Å². The number of halogens is 2. The van der Waals surface area contributed by atoms with Crippen molar-refractivity contribution < 1.29 is 4.74 Å². The van der Waals surface area contributed by atoms with Gasteiger partial charge < -0.3 is 15.4 Å². The van der Waals surface area contributed by atoms with Crippen LogP contribution in [-0.2, 0) is 11.3 Å². The van der Waals surface area contributed by atoms with Crippen LogP contribution in [0.3, 0.4) is 0 Å². The first-order valence-corrected chi connectivity index (χ1v) is 7.44. The lowest BCUT2D eigenvalue weighted by Crippen LogP contribution is -2.43. The van der Waals surface area contributed by atoms with Gasteiger partial charge in [0.05, 0.1) is 6.61 Å². The largest absolute Gasteiger partial charge is 0.377 e. The second-order valence-corrected chi connectivity index (χ2v) is 5.45. The summed E-state index contributed by atoms with van der Waals surface area (Å²) in [7, 11) is 0. The van der Waals surface area contributed by atoms with Crippen LogP contribution in [0.15, 0.2) is 30.3 Å². The molecule has 0 spiro atoms. The van der Waals surface area contributed by atoms with Gasteiger partial charge in [-0.15, -0.1) is 24.8 Å². The number of piperidine rings is 1. The number of rotatable bonds is 7. The molecule has 1 unspecified atom stereocenters. The summed E-state index contributed by atoms with van der Waals surface area (Å²) in [6.45, 7) is 5.05. The highest BCUT2D eigenvalue weighted by Crippen LogP contribution is 2.09. The van der Waals surface area contributed by atoms with E-state index in [1.54, 1.807) is 0 Å². The number of hydrogen-bond acceptors (Lipinski definition) is 3. The Labute approximate surface area is 141 Å². The number of hydrogen-bond donors (Lipinski definition) is 1. The minimum Gasteiger partial charge on any atom is -0.377 e. The van der Waals surface area contributed by atoms with Crippen LogP contribution in [0.25, 0.3) is 0 Å². The van der Waals surface area contributed by atoms with E-state index < -0.39 is 0 Å². The molecule has 1 fully saturated rings. The zero-order valence-electron chi connectivity index (χ0n) is 12.6. The number of benzene rings is 1. The fourth-order valence-electron chi connectivity index (χ4n) is 2.60. The normalized spacial score (nSPS) is 18.6. The zero-order valence-corrected chi connectivity index (χ0v) is 14.2. The highest BCUT2D eigenvalue weighted by atomic mass is 35.5. The van der Waals surface area contributed by atoms with Gasteiger partial charge in [0.1, 0.15) is 0 Å². The molecular weight excluding hydrogens is 307 g/mol. The SMILES string of the molecule is Cl.Cl.NC1CCCN(CCCCOCc2ccccc2)C1. The first-order valence-electron chi connectivity index (χ1n) is 7.44. The first kappa shape index (κ1) is 20.7. The number of likely N-dealkylation sites (tertiary alicyclic amines) is 1. The molecule has 0 amide bonds. The van der Waals surface area contributed by atoms with E-state index in [9.17, 15) is 0 Å². The standard InChI is InChI=1S/C16H26N2O.2ClH/c17-16-9-6-11-18(13-16)10-4-5-12-19-14-15-7-2-1-3-8-15;;/h1-3,7-8,16H,4-6,9-14,17H2;2*1H. The Morgan fingerprint density at radius 2 is 1.90 bits per heavy atom. The molecule has 1 aromatic carbocycles. The summed E-state index contributed by atoms with van der Waals surface area (Å²) in [5.41, 5.74) is 7.23. The molecule has 1 aliphatic rings. The highest BCUT2D eigenvalue weighted by molar-refractivity contribution is 5.85. The summed E-state index contributed by atoms with van der Waals surface area (Å²) in [5.74, 6) is 0. The fourth-order valence-corrected chi connectivity index (χ4v) is 2.60. The van der Waals surface area contributed by atoms with Gasteiger partial charge in [-0.05, 0) is 44.3 Å². The minimum atomic E-state index is 0. The maximum atomic E-state index is 5.98. The molecule has 0 bridgehead atoms. The number of ether oxygens (including phenoxy) is 1. The van der Waals surface area contributed by atoms with Crippen LogP contribution in [0.4, 0.5) is 0 Å². The Hall–Kier alpha value is -0.320. The maximum Gasteiger partial charge on any atom is 0.0716 e.